The molecule has 64 valence electrons. The van der Waals surface area contributed by atoms with E-state index in [4.69, 9.17) is 0 Å². The van der Waals surface area contributed by atoms with E-state index in [1.54, 1.807) is 0 Å². The van der Waals surface area contributed by atoms with Gasteiger partial charge in [0.25, 0.3) is 0 Å². The van der Waals surface area contributed by atoms with Gasteiger partial charge in [-0.25, -0.2) is 0 Å². The van der Waals surface area contributed by atoms with Gasteiger partial charge in [0, 0.05) is 0 Å². The van der Waals surface area contributed by atoms with E-state index in [1.807, 2.05) is 27.7 Å². The summed E-state index contributed by atoms with van der Waals surface area (Å²) in [6.07, 6.45) is 2.95. The maximum absolute atomic E-state index is 2.33. The molecule has 0 unspecified atom stereocenters. The molecule has 0 heterocycles. The molecule has 0 saturated heterocycles. The Morgan fingerprint density at radius 1 is 0.700 bits per heavy atom. The first-order valence-corrected chi connectivity index (χ1v) is 4.80. The van der Waals surface area contributed by atoms with E-state index in [-0.39, 0.29) is 0 Å². The van der Waals surface area contributed by atoms with Crippen LogP contribution in [0.15, 0.2) is 0 Å². The van der Waals surface area contributed by atoms with Crippen molar-refractivity contribution in [3.63, 3.8) is 0 Å². The van der Waals surface area contributed by atoms with E-state index in [2.05, 4.69) is 13.8 Å². The van der Waals surface area contributed by atoms with Crippen LogP contribution in [0.2, 0.25) is 0 Å². The van der Waals surface area contributed by atoms with Crippen molar-refractivity contribution in [2.24, 2.45) is 11.8 Å². The Balaban J connectivity index is 0. The molecule has 0 nitrogen and oxygen atoms in total. The molecular weight excluding hydrogens is 120 g/mol. The third-order valence-corrected chi connectivity index (χ3v) is 2.05. The van der Waals surface area contributed by atoms with Crippen LogP contribution in [-0.2, 0) is 0 Å². The monoisotopic (exact) mass is 144 g/mol. The summed E-state index contributed by atoms with van der Waals surface area (Å²) in [6.45, 7) is 12.7. The van der Waals surface area contributed by atoms with Gasteiger partial charge in [0.15, 0.2) is 0 Å². The molecule has 2 atom stereocenters. The van der Waals surface area contributed by atoms with Gasteiger partial charge in [-0.05, 0) is 11.8 Å². The van der Waals surface area contributed by atoms with Crippen molar-refractivity contribution in [1.82, 2.24) is 0 Å². The summed E-state index contributed by atoms with van der Waals surface area (Å²) in [5, 5.41) is 0. The molecule has 0 aromatic carbocycles. The van der Waals surface area contributed by atoms with Crippen molar-refractivity contribution >= 4 is 0 Å². The van der Waals surface area contributed by atoms with Gasteiger partial charge in [-0.2, -0.15) is 0 Å². The molecule has 1 aliphatic rings. The fourth-order valence-corrected chi connectivity index (χ4v) is 0.833. The minimum Gasteiger partial charge on any atom is -0.0683 e. The molecular formula is C10H24. The van der Waals surface area contributed by atoms with Gasteiger partial charge < -0.3 is 0 Å². The van der Waals surface area contributed by atoms with E-state index >= 15 is 0 Å². The summed E-state index contributed by atoms with van der Waals surface area (Å²) < 4.78 is 0. The third kappa shape index (κ3) is 4.84. The SMILES string of the molecule is CC.CC.C[C@@H]1CC[C@H]1C. The van der Waals surface area contributed by atoms with Gasteiger partial charge >= 0.3 is 0 Å². The van der Waals surface area contributed by atoms with Gasteiger partial charge in [0.05, 0.1) is 0 Å². The fraction of sp³-hybridized carbons (Fsp3) is 1.00. The van der Waals surface area contributed by atoms with Crippen molar-refractivity contribution in [2.75, 3.05) is 0 Å². The lowest BCUT2D eigenvalue weighted by atomic mass is 9.77. The van der Waals surface area contributed by atoms with Crippen molar-refractivity contribution in [1.29, 1.82) is 0 Å². The zero-order valence-corrected chi connectivity index (χ0v) is 8.57. The molecule has 0 heteroatoms. The minimum atomic E-state index is 1.03. The van der Waals surface area contributed by atoms with Crippen LogP contribution in [0.5, 0.6) is 0 Å². The van der Waals surface area contributed by atoms with Crippen LogP contribution in [0.1, 0.15) is 54.4 Å². The van der Waals surface area contributed by atoms with Crippen LogP contribution in [0.3, 0.4) is 0 Å². The molecule has 0 aromatic rings. The molecule has 0 aromatic heterocycles. The molecule has 0 aliphatic heterocycles. The molecule has 1 rings (SSSR count). The molecule has 1 fully saturated rings. The van der Waals surface area contributed by atoms with Crippen molar-refractivity contribution in [3.05, 3.63) is 0 Å². The summed E-state index contributed by atoms with van der Waals surface area (Å²) >= 11 is 0. The number of rotatable bonds is 0. The molecule has 0 spiro atoms. The molecule has 1 saturated carbocycles. The summed E-state index contributed by atoms with van der Waals surface area (Å²) in [5.74, 6) is 2.06. The predicted octanol–water partition coefficient (Wildman–Crippen LogP) is 4.10. The fourth-order valence-electron chi connectivity index (χ4n) is 0.833. The Morgan fingerprint density at radius 2 is 0.900 bits per heavy atom. The molecule has 1 aliphatic carbocycles. The first-order chi connectivity index (χ1) is 4.80. The summed E-state index contributed by atoms with van der Waals surface area (Å²) in [6, 6.07) is 0. The normalized spacial score (nSPS) is 28.2. The highest BCUT2D eigenvalue weighted by Gasteiger charge is 2.20. The van der Waals surface area contributed by atoms with Crippen LogP contribution in [0.25, 0.3) is 0 Å². The van der Waals surface area contributed by atoms with E-state index in [9.17, 15) is 0 Å². The second-order valence-corrected chi connectivity index (χ2v) is 2.53. The highest BCUT2D eigenvalue weighted by Crippen LogP contribution is 2.32. The van der Waals surface area contributed by atoms with Gasteiger partial charge in [0.2, 0.25) is 0 Å². The lowest BCUT2D eigenvalue weighted by Gasteiger charge is -2.29. The van der Waals surface area contributed by atoms with Crippen LogP contribution in [0.4, 0.5) is 0 Å². The maximum Gasteiger partial charge on any atom is -0.0417 e. The largest absolute Gasteiger partial charge is 0.0683 e. The standard InChI is InChI=1S/C6H12.2C2H6/c1-5-3-4-6(5)2;2*1-2/h5-6H,3-4H2,1-2H3;2*1-2H3/t5-,6-;;/m1../s1. The van der Waals surface area contributed by atoms with Crippen LogP contribution < -0.4 is 0 Å². The smallest absolute Gasteiger partial charge is 0.0417 e. The minimum absolute atomic E-state index is 1.03. The quantitative estimate of drug-likeness (QED) is 0.480. The van der Waals surface area contributed by atoms with E-state index in [1.165, 1.54) is 12.8 Å². The zero-order valence-electron chi connectivity index (χ0n) is 8.57. The third-order valence-electron chi connectivity index (χ3n) is 2.05. The Bertz CT molecular complexity index is 40.0. The van der Waals surface area contributed by atoms with Gasteiger partial charge in [0.1, 0.15) is 0 Å². The number of hydrogen-bond donors (Lipinski definition) is 0. The second-order valence-electron chi connectivity index (χ2n) is 2.53. The Morgan fingerprint density at radius 3 is 0.900 bits per heavy atom. The van der Waals surface area contributed by atoms with Gasteiger partial charge in [-0.1, -0.05) is 54.4 Å². The lowest BCUT2D eigenvalue weighted by Crippen LogP contribution is -2.18. The van der Waals surface area contributed by atoms with Crippen molar-refractivity contribution < 1.29 is 0 Å². The Kier molecular flexibility index (Phi) is 11.4. The summed E-state index contributed by atoms with van der Waals surface area (Å²) in [4.78, 5) is 0. The predicted molar refractivity (Wildman–Crippen MR) is 50.3 cm³/mol. The molecule has 0 radical (unpaired) electrons. The summed E-state index contributed by atoms with van der Waals surface area (Å²) in [7, 11) is 0. The molecule has 0 N–H and O–H groups in total. The highest BCUT2D eigenvalue weighted by molar-refractivity contribution is 4.71. The van der Waals surface area contributed by atoms with Crippen LogP contribution in [0, 0.1) is 11.8 Å². The average molecular weight is 144 g/mol. The Hall–Kier alpha value is 0. The zero-order chi connectivity index (χ0) is 8.57. The summed E-state index contributed by atoms with van der Waals surface area (Å²) in [5.41, 5.74) is 0. The molecule has 0 bridgehead atoms. The van der Waals surface area contributed by atoms with Crippen LogP contribution >= 0.6 is 0 Å². The highest BCUT2D eigenvalue weighted by atomic mass is 14.3. The van der Waals surface area contributed by atoms with Crippen molar-refractivity contribution in [2.45, 2.75) is 54.4 Å². The lowest BCUT2D eigenvalue weighted by molar-refractivity contribution is 0.219. The molecule has 0 amide bonds. The van der Waals surface area contributed by atoms with Crippen molar-refractivity contribution in [3.8, 4) is 0 Å². The van der Waals surface area contributed by atoms with Gasteiger partial charge in [-0.3, -0.25) is 0 Å². The van der Waals surface area contributed by atoms with E-state index in [0.29, 0.717) is 0 Å². The van der Waals surface area contributed by atoms with Crippen LogP contribution in [-0.4, -0.2) is 0 Å². The maximum atomic E-state index is 2.33. The number of hydrogen-bond acceptors (Lipinski definition) is 0. The molecule has 10 heavy (non-hydrogen) atoms. The average Bonchev–Trinajstić information content (AvgIpc) is 2.08. The topological polar surface area (TPSA) is 0 Å². The first kappa shape index (κ1) is 12.7. The second kappa shape index (κ2) is 9.00. The first-order valence-electron chi connectivity index (χ1n) is 4.80. The Labute approximate surface area is 67.0 Å². The van der Waals surface area contributed by atoms with Gasteiger partial charge in [-0.15, -0.1) is 0 Å². The van der Waals surface area contributed by atoms with E-state index < -0.39 is 0 Å². The van der Waals surface area contributed by atoms with E-state index in [0.717, 1.165) is 11.8 Å².